The normalized spacial score (nSPS) is 12.2. The van der Waals surface area contributed by atoms with Gasteiger partial charge in [0.15, 0.2) is 7.85 Å². The molecule has 0 atom stereocenters. The molecule has 5 heteroatoms. The third-order valence-corrected chi connectivity index (χ3v) is 11.1. The Morgan fingerprint density at radius 3 is 1.00 bits per heavy atom. The Kier molecular flexibility index (Phi) is 13.0. The molecule has 0 amide bonds. The standard InChI is InChI=1S/4C4H9.CH3BO2.2Al/c4*1-4(2)3;2-1(3)4;;/h4*4H,1H2,2-3H3;1H,2H2;;/q;;;;-2;2*+1. The first kappa shape index (κ1) is 23.0. The minimum absolute atomic E-state index is 0.0170. The average Bonchev–Trinajstić information content (AvgIpc) is 2.23. The molecule has 0 heterocycles. The van der Waals surface area contributed by atoms with Crippen LogP contribution >= 0.6 is 0 Å². The van der Waals surface area contributed by atoms with Crippen LogP contribution in [0, 0.1) is 23.7 Å². The summed E-state index contributed by atoms with van der Waals surface area (Å²) in [7, 11) is 2.14. The van der Waals surface area contributed by atoms with Gasteiger partial charge in [-0.1, -0.05) is 100 Å². The van der Waals surface area contributed by atoms with Crippen LogP contribution in [0.1, 0.15) is 55.4 Å². The maximum Gasteiger partial charge on any atom is 0.462 e. The van der Waals surface area contributed by atoms with Crippen molar-refractivity contribution >= 4 is 36.8 Å². The van der Waals surface area contributed by atoms with E-state index < -0.39 is 29.0 Å². The van der Waals surface area contributed by atoms with Gasteiger partial charge >= 0.3 is 29.0 Å². The van der Waals surface area contributed by atoms with Crippen LogP contribution in [0.25, 0.3) is 0 Å². The van der Waals surface area contributed by atoms with E-state index in [1.54, 1.807) is 0 Å². The molecule has 0 spiro atoms. The lowest BCUT2D eigenvalue weighted by Gasteiger charge is -2.27. The lowest BCUT2D eigenvalue weighted by Crippen LogP contribution is -2.35. The van der Waals surface area contributed by atoms with E-state index in [1.807, 2.05) is 0 Å². The smallest absolute Gasteiger partial charge is 0.462 e. The lowest BCUT2D eigenvalue weighted by molar-refractivity contribution is 0.0684. The number of rotatable bonds is 12. The van der Waals surface area contributed by atoms with Crippen molar-refractivity contribution in [1.82, 2.24) is 0 Å². The summed E-state index contributed by atoms with van der Waals surface area (Å²) in [6, 6.07) is 0. The van der Waals surface area contributed by atoms with E-state index >= 15 is 0 Å². The van der Waals surface area contributed by atoms with Crippen molar-refractivity contribution in [3.05, 3.63) is 0 Å². The molecule has 0 saturated carbocycles. The highest BCUT2D eigenvalue weighted by Crippen LogP contribution is 2.20. The summed E-state index contributed by atoms with van der Waals surface area (Å²) in [5.74, 6) is 2.95. The highest BCUT2D eigenvalue weighted by Gasteiger charge is 2.29. The Balaban J connectivity index is 4.50. The summed E-state index contributed by atoms with van der Waals surface area (Å²) in [5, 5.41) is 5.08. The molecule has 22 heavy (non-hydrogen) atoms. The van der Waals surface area contributed by atoms with Crippen molar-refractivity contribution in [2.45, 2.75) is 82.7 Å². The highest BCUT2D eigenvalue weighted by atomic mass is 27.2. The predicted octanol–water partition coefficient (Wildman–Crippen LogP) is 4.54. The van der Waals surface area contributed by atoms with Crippen molar-refractivity contribution in [1.29, 1.82) is 0 Å². The molecule has 0 aliphatic rings. The molecular formula is C17H39Al2BO2. The summed E-state index contributed by atoms with van der Waals surface area (Å²) >= 11 is -2.28. The van der Waals surface area contributed by atoms with Crippen molar-refractivity contribution < 1.29 is 7.58 Å². The molecule has 0 aromatic carbocycles. The van der Waals surface area contributed by atoms with Crippen LogP contribution in [-0.4, -0.2) is 43.0 Å². The molecule has 2 nitrogen and oxygen atoms in total. The quantitative estimate of drug-likeness (QED) is 0.383. The number of hydrogen-bond donors (Lipinski definition) is 0. The molecule has 0 unspecified atom stereocenters. The molecule has 0 rings (SSSR count). The first-order valence-corrected chi connectivity index (χ1v) is 13.6. The zero-order valence-corrected chi connectivity index (χ0v) is 19.0. The van der Waals surface area contributed by atoms with Crippen molar-refractivity contribution in [3.8, 4) is 0 Å². The molecule has 0 aromatic heterocycles. The van der Waals surface area contributed by atoms with E-state index in [1.165, 1.54) is 21.1 Å². The van der Waals surface area contributed by atoms with Gasteiger partial charge in [0.05, 0.1) is 6.19 Å². The Morgan fingerprint density at radius 2 is 0.818 bits per heavy atom. The third kappa shape index (κ3) is 13.5. The van der Waals surface area contributed by atoms with Gasteiger partial charge in [0.2, 0.25) is 0 Å². The van der Waals surface area contributed by atoms with Crippen LogP contribution in [0.5, 0.6) is 0 Å². The molecule has 0 bridgehead atoms. The van der Waals surface area contributed by atoms with E-state index in [-0.39, 0.29) is 6.19 Å². The molecule has 0 N–H and O–H groups in total. The molecular weight excluding hydrogens is 301 g/mol. The average molecular weight is 340 g/mol. The first-order valence-electron chi connectivity index (χ1n) is 9.40. The largest absolute Gasteiger partial charge is 0.487 e. The fourth-order valence-corrected chi connectivity index (χ4v) is 9.47. The Bertz CT molecular complexity index is 227. The molecule has 0 saturated heterocycles. The second-order valence-electron chi connectivity index (χ2n) is 8.60. The van der Waals surface area contributed by atoms with Crippen LogP contribution in [0.15, 0.2) is 0 Å². The van der Waals surface area contributed by atoms with Gasteiger partial charge in [-0.15, -0.1) is 0 Å². The first-order chi connectivity index (χ1) is 10.1. The van der Waals surface area contributed by atoms with Crippen molar-refractivity contribution in [2.24, 2.45) is 23.7 Å². The second-order valence-corrected chi connectivity index (χ2v) is 13.5. The van der Waals surface area contributed by atoms with E-state index in [0.29, 0.717) is 0 Å². The van der Waals surface area contributed by atoms with E-state index in [9.17, 15) is 0 Å². The Morgan fingerprint density at radius 1 is 0.591 bits per heavy atom. The minimum atomic E-state index is -1.14. The maximum absolute atomic E-state index is 6.42. The summed E-state index contributed by atoms with van der Waals surface area (Å²) in [4.78, 5) is 0. The summed E-state index contributed by atoms with van der Waals surface area (Å²) < 4.78 is 12.8. The van der Waals surface area contributed by atoms with Gasteiger partial charge in [0, 0.05) is 0 Å². The van der Waals surface area contributed by atoms with Gasteiger partial charge in [-0.05, 0) is 0 Å². The Hall–Kier alpha value is 1.05. The van der Waals surface area contributed by atoms with Crippen molar-refractivity contribution in [3.63, 3.8) is 0 Å². The fourth-order valence-electron chi connectivity index (χ4n) is 3.09. The van der Waals surface area contributed by atoms with E-state index in [0.717, 1.165) is 23.7 Å². The van der Waals surface area contributed by atoms with Crippen LogP contribution < -0.4 is 0 Å². The molecule has 128 valence electrons. The topological polar surface area (TPSA) is 18.5 Å². The Labute approximate surface area is 150 Å². The van der Waals surface area contributed by atoms with E-state index in [2.05, 4.69) is 63.2 Å². The predicted molar refractivity (Wildman–Crippen MR) is 105 cm³/mol. The lowest BCUT2D eigenvalue weighted by atomic mass is 10.2. The molecule has 0 aliphatic heterocycles. The highest BCUT2D eigenvalue weighted by molar-refractivity contribution is 6.54. The summed E-state index contributed by atoms with van der Waals surface area (Å²) in [6.45, 7) is 18.5. The van der Waals surface area contributed by atoms with Gasteiger partial charge < -0.3 is 7.58 Å². The van der Waals surface area contributed by atoms with Gasteiger partial charge in [-0.25, -0.2) is 0 Å². The molecule has 0 aliphatic carbocycles. The monoisotopic (exact) mass is 340 g/mol. The number of hydrogen-bond acceptors (Lipinski definition) is 2. The summed E-state index contributed by atoms with van der Waals surface area (Å²) in [6.07, 6.45) is 0.0170. The van der Waals surface area contributed by atoms with E-state index in [4.69, 9.17) is 7.58 Å². The second kappa shape index (κ2) is 12.4. The van der Waals surface area contributed by atoms with Crippen molar-refractivity contribution in [2.75, 3.05) is 0 Å². The molecule has 0 fully saturated rings. The summed E-state index contributed by atoms with van der Waals surface area (Å²) in [5.41, 5.74) is 0. The van der Waals surface area contributed by atoms with Crippen LogP contribution in [0.2, 0.25) is 21.1 Å². The van der Waals surface area contributed by atoms with Gasteiger partial charge in [0.25, 0.3) is 0 Å². The molecule has 0 aromatic rings. The van der Waals surface area contributed by atoms with Gasteiger partial charge in [-0.3, -0.25) is 0 Å². The van der Waals surface area contributed by atoms with Gasteiger partial charge in [-0.2, -0.15) is 0 Å². The fraction of sp³-hybridized carbons (Fsp3) is 1.00. The minimum Gasteiger partial charge on any atom is -0.487 e. The maximum atomic E-state index is 6.42. The van der Waals surface area contributed by atoms with Gasteiger partial charge in [0.1, 0.15) is 0 Å². The third-order valence-electron chi connectivity index (χ3n) is 3.71. The molecule has 0 radical (unpaired) electrons. The van der Waals surface area contributed by atoms with Crippen LogP contribution in [-0.2, 0) is 7.58 Å². The zero-order valence-electron chi connectivity index (χ0n) is 16.7. The zero-order chi connectivity index (χ0) is 17.3. The van der Waals surface area contributed by atoms with Crippen LogP contribution in [0.4, 0.5) is 0 Å². The SMILES string of the molecule is BC([O][Al]([CH2]C(C)C)[CH2]C(C)C)[O][Al]([CH2]C(C)C)[CH2]C(C)C. The van der Waals surface area contributed by atoms with Crippen LogP contribution in [0.3, 0.4) is 0 Å².